The molecule has 66 valence electrons. The normalized spacial score (nSPS) is 7.08. The van der Waals surface area contributed by atoms with E-state index in [-0.39, 0.29) is 11.9 Å². The van der Waals surface area contributed by atoms with Crippen molar-refractivity contribution >= 4 is 17.9 Å². The van der Waals surface area contributed by atoms with Gasteiger partial charge in [-0.25, -0.2) is 4.79 Å². The predicted octanol–water partition coefficient (Wildman–Crippen LogP) is 0.776. The van der Waals surface area contributed by atoms with Crippen LogP contribution in [0.15, 0.2) is 29.3 Å². The maximum absolute atomic E-state index is 9.71. The molecule has 0 saturated carbocycles. The molecule has 1 aromatic carbocycles. The average Bonchev–Trinajstić information content (AvgIpc) is 2.06. The van der Waals surface area contributed by atoms with Crippen molar-refractivity contribution in [2.24, 2.45) is 4.99 Å². The van der Waals surface area contributed by atoms with E-state index in [0.717, 1.165) is 0 Å². The predicted molar refractivity (Wildman–Crippen MR) is 40.9 cm³/mol. The molecule has 0 unspecified atom stereocenters. The summed E-state index contributed by atoms with van der Waals surface area (Å²) in [5.74, 6) is 0.0940. The second kappa shape index (κ2) is 6.49. The Balaban J connectivity index is 0.000000424. The van der Waals surface area contributed by atoms with Crippen LogP contribution in [0.25, 0.3) is 0 Å². The Kier molecular flexibility index (Phi) is 5.38. The Morgan fingerprint density at radius 3 is 2.31 bits per heavy atom. The molecular formula is C8H5NO4. The van der Waals surface area contributed by atoms with Gasteiger partial charge in [0, 0.05) is 6.07 Å². The van der Waals surface area contributed by atoms with Crippen LogP contribution in [-0.4, -0.2) is 17.3 Å². The van der Waals surface area contributed by atoms with Crippen molar-refractivity contribution in [1.82, 2.24) is 0 Å². The van der Waals surface area contributed by atoms with Gasteiger partial charge in [0.25, 0.3) is 0 Å². The first-order valence-corrected chi connectivity index (χ1v) is 3.10. The van der Waals surface area contributed by atoms with E-state index in [1.165, 1.54) is 18.2 Å². The molecule has 5 nitrogen and oxygen atoms in total. The maximum atomic E-state index is 9.71. The van der Waals surface area contributed by atoms with Gasteiger partial charge in [-0.2, -0.15) is 14.6 Å². The van der Waals surface area contributed by atoms with Crippen LogP contribution in [0, 0.1) is 0 Å². The number of isocyanates is 1. The first kappa shape index (κ1) is 10.8. The van der Waals surface area contributed by atoms with E-state index in [9.17, 15) is 4.79 Å². The summed E-state index contributed by atoms with van der Waals surface area (Å²) in [5, 5.41) is 8.85. The molecule has 0 radical (unpaired) electrons. The van der Waals surface area contributed by atoms with E-state index >= 15 is 0 Å². The number of hydrogen-bond donors (Lipinski definition) is 1. The van der Waals surface area contributed by atoms with Gasteiger partial charge >= 0.3 is 6.15 Å². The fourth-order valence-electron chi connectivity index (χ4n) is 0.615. The Bertz CT molecular complexity index is 349. The van der Waals surface area contributed by atoms with E-state index in [0.29, 0.717) is 5.69 Å². The second-order valence-corrected chi connectivity index (χ2v) is 1.81. The molecule has 0 aliphatic rings. The zero-order chi connectivity index (χ0) is 10.1. The molecular weight excluding hydrogens is 174 g/mol. The van der Waals surface area contributed by atoms with Crippen LogP contribution in [-0.2, 0) is 14.4 Å². The van der Waals surface area contributed by atoms with Gasteiger partial charge in [-0.1, -0.05) is 6.07 Å². The van der Waals surface area contributed by atoms with E-state index in [1.54, 1.807) is 12.1 Å². The number of carbonyl (C=O) groups excluding carboxylic acids is 3. The fraction of sp³-hybridized carbons (Fsp3) is 0. The number of hydrogen-bond acceptors (Lipinski definition) is 5. The molecule has 0 amide bonds. The number of phenols is 1. The van der Waals surface area contributed by atoms with Gasteiger partial charge in [0.1, 0.15) is 5.75 Å². The summed E-state index contributed by atoms with van der Waals surface area (Å²) in [6.07, 6.45) is 1.63. The summed E-state index contributed by atoms with van der Waals surface area (Å²) in [6, 6.07) is 6.09. The van der Waals surface area contributed by atoms with Crippen LogP contribution in [0.2, 0.25) is 0 Å². The summed E-state index contributed by atoms with van der Waals surface area (Å²) in [6.45, 7) is 0. The molecule has 0 atom stereocenters. The lowest BCUT2D eigenvalue weighted by molar-refractivity contribution is -0.191. The third kappa shape index (κ3) is 5.09. The highest BCUT2D eigenvalue weighted by atomic mass is 16.3. The molecule has 0 bridgehead atoms. The van der Waals surface area contributed by atoms with Gasteiger partial charge < -0.3 is 5.11 Å². The van der Waals surface area contributed by atoms with Crippen molar-refractivity contribution in [3.05, 3.63) is 24.3 Å². The minimum atomic E-state index is 0.0940. The summed E-state index contributed by atoms with van der Waals surface area (Å²) in [5.41, 5.74) is 0.412. The molecule has 0 aliphatic carbocycles. The van der Waals surface area contributed by atoms with Crippen LogP contribution in [0.1, 0.15) is 0 Å². The van der Waals surface area contributed by atoms with Gasteiger partial charge in [-0.05, 0) is 12.1 Å². The summed E-state index contributed by atoms with van der Waals surface area (Å²) < 4.78 is 0. The Morgan fingerprint density at radius 1 is 1.23 bits per heavy atom. The number of nitrogens with zero attached hydrogens (tertiary/aromatic N) is 1. The topological polar surface area (TPSA) is 83.8 Å². The van der Waals surface area contributed by atoms with E-state index < -0.39 is 0 Å². The number of benzene rings is 1. The van der Waals surface area contributed by atoms with E-state index in [4.69, 9.17) is 14.7 Å². The molecule has 0 saturated heterocycles. The molecule has 0 spiro atoms. The van der Waals surface area contributed by atoms with Gasteiger partial charge in [0.15, 0.2) is 0 Å². The Morgan fingerprint density at radius 2 is 1.85 bits per heavy atom. The minimum Gasteiger partial charge on any atom is -0.508 e. The molecule has 0 aliphatic heterocycles. The molecule has 1 aromatic rings. The average molecular weight is 179 g/mol. The zero-order valence-corrected chi connectivity index (χ0v) is 6.43. The Labute approximate surface area is 73.3 Å². The summed E-state index contributed by atoms with van der Waals surface area (Å²) >= 11 is 0. The van der Waals surface area contributed by atoms with Crippen molar-refractivity contribution in [1.29, 1.82) is 0 Å². The highest BCUT2D eigenvalue weighted by Crippen LogP contribution is 2.16. The van der Waals surface area contributed by atoms with E-state index in [2.05, 4.69) is 4.99 Å². The third-order valence-electron chi connectivity index (χ3n) is 1.00. The third-order valence-corrected chi connectivity index (χ3v) is 1.00. The highest BCUT2D eigenvalue weighted by molar-refractivity contribution is 5.50. The maximum Gasteiger partial charge on any atom is 0.373 e. The van der Waals surface area contributed by atoms with Gasteiger partial charge in [-0.3, -0.25) is 0 Å². The van der Waals surface area contributed by atoms with Crippen LogP contribution in [0.5, 0.6) is 5.75 Å². The van der Waals surface area contributed by atoms with Gasteiger partial charge in [0.05, 0.1) is 5.69 Å². The zero-order valence-electron chi connectivity index (χ0n) is 6.43. The molecule has 13 heavy (non-hydrogen) atoms. The largest absolute Gasteiger partial charge is 0.508 e. The number of aliphatic imine (C=N–C) groups is 1. The standard InChI is InChI=1S/C7H5NO2.CO2/c9-5-8-6-2-1-3-7(10)4-6;2-1-3/h1-4,10H;. The summed E-state index contributed by atoms with van der Waals surface area (Å²) in [4.78, 5) is 29.3. The number of rotatable bonds is 1. The van der Waals surface area contributed by atoms with Crippen molar-refractivity contribution in [2.75, 3.05) is 0 Å². The lowest BCUT2D eigenvalue weighted by Gasteiger charge is -1.89. The van der Waals surface area contributed by atoms with Gasteiger partial charge in [0.2, 0.25) is 6.08 Å². The SMILES string of the molecule is O=C=Nc1cccc(O)c1.O=C=O. The van der Waals surface area contributed by atoms with Crippen molar-refractivity contribution in [2.45, 2.75) is 0 Å². The lowest BCUT2D eigenvalue weighted by atomic mass is 10.3. The van der Waals surface area contributed by atoms with Crippen LogP contribution in [0.4, 0.5) is 5.69 Å². The summed E-state index contributed by atoms with van der Waals surface area (Å²) in [7, 11) is 0. The van der Waals surface area contributed by atoms with Gasteiger partial charge in [-0.15, -0.1) is 0 Å². The van der Waals surface area contributed by atoms with Crippen LogP contribution >= 0.6 is 0 Å². The molecule has 0 aromatic heterocycles. The first-order chi connectivity index (χ1) is 6.24. The monoisotopic (exact) mass is 179 g/mol. The number of aromatic hydroxyl groups is 1. The van der Waals surface area contributed by atoms with Crippen LogP contribution in [0.3, 0.4) is 0 Å². The molecule has 1 N–H and O–H groups in total. The second-order valence-electron chi connectivity index (χ2n) is 1.81. The van der Waals surface area contributed by atoms with Crippen molar-refractivity contribution < 1.29 is 19.5 Å². The van der Waals surface area contributed by atoms with Crippen molar-refractivity contribution in [3.63, 3.8) is 0 Å². The Hall–Kier alpha value is -2.22. The molecule has 0 fully saturated rings. The smallest absolute Gasteiger partial charge is 0.373 e. The van der Waals surface area contributed by atoms with Crippen molar-refractivity contribution in [3.8, 4) is 5.75 Å². The molecule has 0 heterocycles. The minimum absolute atomic E-state index is 0.0940. The fourth-order valence-corrected chi connectivity index (χ4v) is 0.615. The molecule has 1 rings (SSSR count). The van der Waals surface area contributed by atoms with E-state index in [1.807, 2.05) is 0 Å². The quantitative estimate of drug-likeness (QED) is 0.509. The molecule has 5 heteroatoms. The lowest BCUT2D eigenvalue weighted by Crippen LogP contribution is -1.63. The van der Waals surface area contributed by atoms with Crippen LogP contribution < -0.4 is 0 Å². The number of phenolic OH excluding ortho intramolecular Hbond substituents is 1. The first-order valence-electron chi connectivity index (χ1n) is 3.10. The highest BCUT2D eigenvalue weighted by Gasteiger charge is 1.88.